The van der Waals surface area contributed by atoms with Gasteiger partial charge in [-0.05, 0) is 18.1 Å². The molecule has 0 bridgehead atoms. The van der Waals surface area contributed by atoms with Crippen LogP contribution in [-0.2, 0) is 17.2 Å². The van der Waals surface area contributed by atoms with Gasteiger partial charge in [-0.25, -0.2) is 0 Å². The molecule has 84 valence electrons. The highest BCUT2D eigenvalue weighted by Gasteiger charge is 2.14. The molecule has 0 saturated carbocycles. The molecule has 2 rings (SSSR count). The lowest BCUT2D eigenvalue weighted by atomic mass is 10.2. The lowest BCUT2D eigenvalue weighted by Gasteiger charge is -2.20. The van der Waals surface area contributed by atoms with E-state index in [4.69, 9.17) is 11.6 Å². The van der Waals surface area contributed by atoms with Crippen LogP contribution in [0, 0.1) is 0 Å². The normalized spacial score (nSPS) is 15.6. The SMILES string of the molecule is O=C1CCC=CN1Cc1ccc(CCl)cn1. The highest BCUT2D eigenvalue weighted by molar-refractivity contribution is 6.17. The second-order valence-electron chi connectivity index (χ2n) is 3.74. The Bertz CT molecular complexity index is 400. The van der Waals surface area contributed by atoms with E-state index >= 15 is 0 Å². The first-order valence-corrected chi connectivity index (χ1v) is 5.79. The van der Waals surface area contributed by atoms with Crippen LogP contribution in [0.2, 0.25) is 0 Å². The van der Waals surface area contributed by atoms with E-state index in [1.165, 1.54) is 0 Å². The van der Waals surface area contributed by atoms with Crippen LogP contribution in [0.3, 0.4) is 0 Å². The number of nitrogens with zero attached hydrogens (tertiary/aromatic N) is 2. The molecule has 16 heavy (non-hydrogen) atoms. The maximum atomic E-state index is 11.5. The molecule has 0 spiro atoms. The van der Waals surface area contributed by atoms with Crippen molar-refractivity contribution >= 4 is 17.5 Å². The Labute approximate surface area is 99.7 Å². The van der Waals surface area contributed by atoms with Gasteiger partial charge in [-0.1, -0.05) is 12.1 Å². The molecular weight excluding hydrogens is 224 g/mol. The average molecular weight is 237 g/mol. The molecule has 1 aliphatic rings. The number of halogens is 1. The monoisotopic (exact) mass is 236 g/mol. The van der Waals surface area contributed by atoms with Gasteiger partial charge in [0, 0.05) is 24.7 Å². The minimum absolute atomic E-state index is 0.158. The molecule has 0 atom stereocenters. The molecule has 0 fully saturated rings. The Morgan fingerprint density at radius 2 is 2.31 bits per heavy atom. The van der Waals surface area contributed by atoms with Crippen molar-refractivity contribution in [3.05, 3.63) is 41.9 Å². The lowest BCUT2D eigenvalue weighted by molar-refractivity contribution is -0.129. The van der Waals surface area contributed by atoms with Crippen molar-refractivity contribution in [1.82, 2.24) is 9.88 Å². The fourth-order valence-corrected chi connectivity index (χ4v) is 1.74. The molecule has 3 nitrogen and oxygen atoms in total. The topological polar surface area (TPSA) is 33.2 Å². The Kier molecular flexibility index (Phi) is 3.57. The molecule has 0 saturated heterocycles. The molecule has 0 aromatic carbocycles. The predicted molar refractivity (Wildman–Crippen MR) is 62.7 cm³/mol. The van der Waals surface area contributed by atoms with Crippen LogP contribution in [0.25, 0.3) is 0 Å². The summed E-state index contributed by atoms with van der Waals surface area (Å²) >= 11 is 5.68. The van der Waals surface area contributed by atoms with Gasteiger partial charge < -0.3 is 4.90 Å². The van der Waals surface area contributed by atoms with Gasteiger partial charge in [-0.2, -0.15) is 0 Å². The molecule has 1 amide bonds. The van der Waals surface area contributed by atoms with Crippen LogP contribution in [0.5, 0.6) is 0 Å². The molecule has 2 heterocycles. The summed E-state index contributed by atoms with van der Waals surface area (Å²) in [6.45, 7) is 0.540. The van der Waals surface area contributed by atoms with Crippen LogP contribution in [0.1, 0.15) is 24.1 Å². The molecule has 1 aromatic heterocycles. The molecule has 4 heteroatoms. The number of hydrogen-bond acceptors (Lipinski definition) is 2. The predicted octanol–water partition coefficient (Wildman–Crippen LogP) is 2.46. The van der Waals surface area contributed by atoms with Gasteiger partial charge in [0.1, 0.15) is 0 Å². The number of rotatable bonds is 3. The van der Waals surface area contributed by atoms with E-state index in [9.17, 15) is 4.79 Å². The third kappa shape index (κ3) is 2.61. The minimum atomic E-state index is 0.158. The van der Waals surface area contributed by atoms with Crippen molar-refractivity contribution in [3.8, 4) is 0 Å². The zero-order valence-electron chi connectivity index (χ0n) is 8.90. The van der Waals surface area contributed by atoms with Crippen molar-refractivity contribution in [2.75, 3.05) is 0 Å². The van der Waals surface area contributed by atoms with Crippen molar-refractivity contribution in [2.24, 2.45) is 0 Å². The van der Waals surface area contributed by atoms with Gasteiger partial charge in [0.05, 0.1) is 12.2 Å². The van der Waals surface area contributed by atoms with Gasteiger partial charge >= 0.3 is 0 Å². The third-order valence-corrected chi connectivity index (χ3v) is 2.81. The van der Waals surface area contributed by atoms with Crippen LogP contribution in [-0.4, -0.2) is 15.8 Å². The first-order valence-electron chi connectivity index (χ1n) is 5.25. The van der Waals surface area contributed by atoms with Gasteiger partial charge in [0.15, 0.2) is 0 Å². The van der Waals surface area contributed by atoms with E-state index in [2.05, 4.69) is 4.98 Å². The summed E-state index contributed by atoms with van der Waals surface area (Å²) in [5, 5.41) is 0. The Hall–Kier alpha value is -1.35. The number of alkyl halides is 1. The van der Waals surface area contributed by atoms with Crippen LogP contribution in [0.4, 0.5) is 0 Å². The second-order valence-corrected chi connectivity index (χ2v) is 4.00. The Balaban J connectivity index is 2.05. The first kappa shape index (κ1) is 11.1. The standard InChI is InChI=1S/C12H13ClN2O/c13-7-10-4-5-11(14-8-10)9-15-6-2-1-3-12(15)16/h2,4-6,8H,1,3,7,9H2. The summed E-state index contributed by atoms with van der Waals surface area (Å²) in [5.41, 5.74) is 1.87. The molecule has 1 aliphatic heterocycles. The van der Waals surface area contributed by atoms with Crippen molar-refractivity contribution in [3.63, 3.8) is 0 Å². The summed E-state index contributed by atoms with van der Waals surface area (Å²) in [4.78, 5) is 17.5. The fourth-order valence-electron chi connectivity index (χ4n) is 1.58. The zero-order valence-corrected chi connectivity index (χ0v) is 9.65. The smallest absolute Gasteiger partial charge is 0.227 e. The van der Waals surface area contributed by atoms with E-state index < -0.39 is 0 Å². The quantitative estimate of drug-likeness (QED) is 0.756. The van der Waals surface area contributed by atoms with E-state index in [1.54, 1.807) is 11.1 Å². The van der Waals surface area contributed by atoms with Gasteiger partial charge in [-0.3, -0.25) is 9.78 Å². The summed E-state index contributed by atoms with van der Waals surface area (Å²) in [7, 11) is 0. The summed E-state index contributed by atoms with van der Waals surface area (Å²) < 4.78 is 0. The van der Waals surface area contributed by atoms with Crippen molar-refractivity contribution < 1.29 is 4.79 Å². The second kappa shape index (κ2) is 5.12. The van der Waals surface area contributed by atoms with Crippen LogP contribution >= 0.6 is 11.6 Å². The number of amides is 1. The highest BCUT2D eigenvalue weighted by atomic mass is 35.5. The van der Waals surface area contributed by atoms with E-state index in [0.29, 0.717) is 18.8 Å². The minimum Gasteiger partial charge on any atom is -0.313 e. The van der Waals surface area contributed by atoms with Crippen LogP contribution < -0.4 is 0 Å². The first-order chi connectivity index (χ1) is 7.79. The number of carbonyl (C=O) groups is 1. The van der Waals surface area contributed by atoms with E-state index in [0.717, 1.165) is 17.7 Å². The van der Waals surface area contributed by atoms with Crippen molar-refractivity contribution in [1.29, 1.82) is 0 Å². The number of aromatic nitrogens is 1. The van der Waals surface area contributed by atoms with Gasteiger partial charge in [0.25, 0.3) is 0 Å². The lowest BCUT2D eigenvalue weighted by Crippen LogP contribution is -2.27. The maximum Gasteiger partial charge on any atom is 0.227 e. The third-order valence-electron chi connectivity index (χ3n) is 2.50. The molecular formula is C12H13ClN2O. The number of carbonyl (C=O) groups excluding carboxylic acids is 1. The molecule has 0 radical (unpaired) electrons. The summed E-state index contributed by atoms with van der Waals surface area (Å²) in [6.07, 6.45) is 7.03. The molecule has 1 aromatic rings. The zero-order chi connectivity index (χ0) is 11.4. The number of pyridine rings is 1. The van der Waals surface area contributed by atoms with Gasteiger partial charge in [0.2, 0.25) is 5.91 Å². The Morgan fingerprint density at radius 1 is 1.44 bits per heavy atom. The van der Waals surface area contributed by atoms with Gasteiger partial charge in [-0.15, -0.1) is 11.6 Å². The molecule has 0 N–H and O–H groups in total. The molecule has 0 unspecified atom stereocenters. The maximum absolute atomic E-state index is 11.5. The summed E-state index contributed by atoms with van der Waals surface area (Å²) in [6, 6.07) is 3.85. The fraction of sp³-hybridized carbons (Fsp3) is 0.333. The van der Waals surface area contributed by atoms with Crippen molar-refractivity contribution in [2.45, 2.75) is 25.3 Å². The van der Waals surface area contributed by atoms with E-state index in [-0.39, 0.29) is 5.91 Å². The van der Waals surface area contributed by atoms with Crippen LogP contribution in [0.15, 0.2) is 30.6 Å². The molecule has 0 aliphatic carbocycles. The number of allylic oxidation sites excluding steroid dienone is 1. The number of hydrogen-bond donors (Lipinski definition) is 0. The average Bonchev–Trinajstić information content (AvgIpc) is 2.33. The Morgan fingerprint density at radius 3 is 2.94 bits per heavy atom. The van der Waals surface area contributed by atoms with E-state index in [1.807, 2.05) is 24.4 Å². The largest absolute Gasteiger partial charge is 0.313 e. The summed E-state index contributed by atoms with van der Waals surface area (Å²) in [5.74, 6) is 0.626. The highest BCUT2D eigenvalue weighted by Crippen LogP contribution is 2.12.